The zero-order valence-corrected chi connectivity index (χ0v) is 11.2. The Morgan fingerprint density at radius 1 is 1.53 bits per heavy atom. The summed E-state index contributed by atoms with van der Waals surface area (Å²) in [6, 6.07) is 6.15. The third kappa shape index (κ3) is 3.87. The van der Waals surface area contributed by atoms with Crippen LogP contribution in [0, 0.1) is 0 Å². The van der Waals surface area contributed by atoms with Crippen LogP contribution in [0.3, 0.4) is 0 Å². The number of methoxy groups -OCH3 is 1. The lowest BCUT2D eigenvalue weighted by Crippen LogP contribution is -2.01. The first kappa shape index (κ1) is 12.6. The third-order valence-corrected chi connectivity index (χ3v) is 3.78. The van der Waals surface area contributed by atoms with Crippen molar-refractivity contribution in [2.24, 2.45) is 0 Å². The maximum absolute atomic E-state index is 11.0. The van der Waals surface area contributed by atoms with Gasteiger partial charge in [0.2, 0.25) is 0 Å². The number of rotatable bonds is 4. The molecule has 0 unspecified atom stereocenters. The Hall–Kier alpha value is -0.480. The monoisotopic (exact) mass is 288 g/mol. The number of hydrogen-bond acceptors (Lipinski definition) is 3. The standard InChI is InChI=1S/C11H13BrO2S/c1-14-11(13)6-4-8-3-5-10(15-2)9(12)7-8/h3,5,7H,4,6H2,1-2H3. The van der Waals surface area contributed by atoms with Gasteiger partial charge in [0.1, 0.15) is 0 Å². The summed E-state index contributed by atoms with van der Waals surface area (Å²) in [5.74, 6) is -0.167. The minimum absolute atomic E-state index is 0.167. The summed E-state index contributed by atoms with van der Waals surface area (Å²) in [5, 5.41) is 0. The van der Waals surface area contributed by atoms with Gasteiger partial charge in [-0.1, -0.05) is 6.07 Å². The summed E-state index contributed by atoms with van der Waals surface area (Å²) in [6.07, 6.45) is 3.19. The number of carbonyl (C=O) groups excluding carboxylic acids is 1. The van der Waals surface area contributed by atoms with Crippen LogP contribution < -0.4 is 0 Å². The highest BCUT2D eigenvalue weighted by molar-refractivity contribution is 9.10. The third-order valence-electron chi connectivity index (χ3n) is 2.06. The molecule has 82 valence electrons. The highest BCUT2D eigenvalue weighted by Gasteiger charge is 2.03. The van der Waals surface area contributed by atoms with Crippen LogP contribution >= 0.6 is 27.7 Å². The fourth-order valence-corrected chi connectivity index (χ4v) is 2.58. The number of esters is 1. The van der Waals surface area contributed by atoms with Gasteiger partial charge in [-0.05, 0) is 46.3 Å². The summed E-state index contributed by atoms with van der Waals surface area (Å²) in [6.45, 7) is 0. The van der Waals surface area contributed by atoms with E-state index in [0.29, 0.717) is 6.42 Å². The SMILES string of the molecule is COC(=O)CCc1ccc(SC)c(Br)c1. The second kappa shape index (κ2) is 6.18. The van der Waals surface area contributed by atoms with E-state index in [1.54, 1.807) is 11.8 Å². The summed E-state index contributed by atoms with van der Waals surface area (Å²) < 4.78 is 5.67. The number of hydrogen-bond donors (Lipinski definition) is 0. The van der Waals surface area contributed by atoms with Crippen LogP contribution in [0.15, 0.2) is 27.6 Å². The Morgan fingerprint density at radius 3 is 2.80 bits per heavy atom. The van der Waals surface area contributed by atoms with E-state index in [1.807, 2.05) is 12.3 Å². The van der Waals surface area contributed by atoms with Gasteiger partial charge in [0.15, 0.2) is 0 Å². The molecule has 0 bridgehead atoms. The number of aryl methyl sites for hydroxylation is 1. The Labute approximate surface area is 103 Å². The molecule has 0 spiro atoms. The van der Waals surface area contributed by atoms with E-state index in [2.05, 4.69) is 32.8 Å². The highest BCUT2D eigenvalue weighted by atomic mass is 79.9. The van der Waals surface area contributed by atoms with Gasteiger partial charge in [-0.3, -0.25) is 4.79 Å². The van der Waals surface area contributed by atoms with Crippen molar-refractivity contribution < 1.29 is 9.53 Å². The molecule has 1 aromatic rings. The molecule has 0 heterocycles. The normalized spacial score (nSPS) is 10.1. The summed E-state index contributed by atoms with van der Waals surface area (Å²) >= 11 is 5.19. The molecule has 1 rings (SSSR count). The van der Waals surface area contributed by atoms with Gasteiger partial charge >= 0.3 is 5.97 Å². The quantitative estimate of drug-likeness (QED) is 0.628. The second-order valence-corrected chi connectivity index (χ2v) is 4.75. The zero-order chi connectivity index (χ0) is 11.3. The van der Waals surface area contributed by atoms with Gasteiger partial charge in [-0.25, -0.2) is 0 Å². The number of thioether (sulfide) groups is 1. The molecule has 0 fully saturated rings. The first-order valence-electron chi connectivity index (χ1n) is 4.56. The fourth-order valence-electron chi connectivity index (χ4n) is 1.21. The van der Waals surface area contributed by atoms with E-state index >= 15 is 0 Å². The summed E-state index contributed by atoms with van der Waals surface area (Å²) in [4.78, 5) is 12.2. The van der Waals surface area contributed by atoms with Crippen LogP contribution in [0.4, 0.5) is 0 Å². The predicted molar refractivity (Wildman–Crippen MR) is 66.3 cm³/mol. The molecule has 0 saturated heterocycles. The molecular formula is C11H13BrO2S. The molecule has 0 atom stereocenters. The van der Waals surface area contributed by atoms with Crippen molar-refractivity contribution in [1.29, 1.82) is 0 Å². The van der Waals surface area contributed by atoms with Crippen LogP contribution in [0.5, 0.6) is 0 Å². The molecule has 0 aliphatic carbocycles. The summed E-state index contributed by atoms with van der Waals surface area (Å²) in [7, 11) is 1.41. The molecule has 0 amide bonds. The van der Waals surface area contributed by atoms with E-state index in [4.69, 9.17) is 0 Å². The van der Waals surface area contributed by atoms with Crippen LogP contribution in [-0.2, 0) is 16.0 Å². The average molecular weight is 289 g/mol. The van der Waals surface area contributed by atoms with Gasteiger partial charge in [-0.2, -0.15) is 0 Å². The topological polar surface area (TPSA) is 26.3 Å². The summed E-state index contributed by atoms with van der Waals surface area (Å²) in [5.41, 5.74) is 1.14. The average Bonchev–Trinajstić information content (AvgIpc) is 2.26. The van der Waals surface area contributed by atoms with Gasteiger partial charge in [-0.15, -0.1) is 11.8 Å². The lowest BCUT2D eigenvalue weighted by molar-refractivity contribution is -0.140. The molecular weight excluding hydrogens is 276 g/mol. The van der Waals surface area contributed by atoms with Crippen molar-refractivity contribution in [3.05, 3.63) is 28.2 Å². The molecule has 0 radical (unpaired) electrons. The van der Waals surface area contributed by atoms with Crippen molar-refractivity contribution >= 4 is 33.7 Å². The fraction of sp³-hybridized carbons (Fsp3) is 0.364. The van der Waals surface area contributed by atoms with Crippen LogP contribution in [0.2, 0.25) is 0 Å². The van der Waals surface area contributed by atoms with Crippen LogP contribution in [-0.4, -0.2) is 19.3 Å². The van der Waals surface area contributed by atoms with E-state index in [-0.39, 0.29) is 5.97 Å². The first-order chi connectivity index (χ1) is 7.17. The van der Waals surface area contributed by atoms with E-state index in [9.17, 15) is 4.79 Å². The first-order valence-corrected chi connectivity index (χ1v) is 6.58. The maximum atomic E-state index is 11.0. The minimum Gasteiger partial charge on any atom is -0.469 e. The molecule has 15 heavy (non-hydrogen) atoms. The molecule has 2 nitrogen and oxygen atoms in total. The zero-order valence-electron chi connectivity index (χ0n) is 8.75. The Kier molecular flexibility index (Phi) is 5.19. The minimum atomic E-state index is -0.167. The molecule has 1 aromatic carbocycles. The van der Waals surface area contributed by atoms with Crippen molar-refractivity contribution in [2.45, 2.75) is 17.7 Å². The maximum Gasteiger partial charge on any atom is 0.305 e. The largest absolute Gasteiger partial charge is 0.469 e. The Bertz CT molecular complexity index is 352. The van der Waals surface area contributed by atoms with Gasteiger partial charge in [0, 0.05) is 15.8 Å². The molecule has 0 aliphatic rings. The van der Waals surface area contributed by atoms with E-state index < -0.39 is 0 Å². The van der Waals surface area contributed by atoms with Crippen LogP contribution in [0.25, 0.3) is 0 Å². The predicted octanol–water partition coefficient (Wildman–Crippen LogP) is 3.28. The van der Waals surface area contributed by atoms with Crippen molar-refractivity contribution in [2.75, 3.05) is 13.4 Å². The second-order valence-electron chi connectivity index (χ2n) is 3.05. The number of benzene rings is 1. The Balaban J connectivity index is 2.63. The molecule has 0 N–H and O–H groups in total. The van der Waals surface area contributed by atoms with Crippen molar-refractivity contribution in [3.63, 3.8) is 0 Å². The van der Waals surface area contributed by atoms with Gasteiger partial charge in [0.05, 0.1) is 7.11 Å². The van der Waals surface area contributed by atoms with Gasteiger partial charge in [0.25, 0.3) is 0 Å². The molecule has 0 saturated carbocycles. The number of ether oxygens (including phenoxy) is 1. The lowest BCUT2D eigenvalue weighted by Gasteiger charge is -2.04. The van der Waals surface area contributed by atoms with Crippen molar-refractivity contribution in [1.82, 2.24) is 0 Å². The van der Waals surface area contributed by atoms with Gasteiger partial charge < -0.3 is 4.74 Å². The molecule has 0 aromatic heterocycles. The van der Waals surface area contributed by atoms with E-state index in [1.165, 1.54) is 12.0 Å². The number of halogens is 1. The lowest BCUT2D eigenvalue weighted by atomic mass is 10.1. The Morgan fingerprint density at radius 2 is 2.27 bits per heavy atom. The van der Waals surface area contributed by atoms with Crippen LogP contribution in [0.1, 0.15) is 12.0 Å². The smallest absolute Gasteiger partial charge is 0.305 e. The highest BCUT2D eigenvalue weighted by Crippen LogP contribution is 2.26. The number of carbonyl (C=O) groups is 1. The molecule has 0 aliphatic heterocycles. The van der Waals surface area contributed by atoms with E-state index in [0.717, 1.165) is 16.5 Å². The molecule has 4 heteroatoms. The van der Waals surface area contributed by atoms with Crippen molar-refractivity contribution in [3.8, 4) is 0 Å².